The minimum Gasteiger partial charge on any atom is -0.497 e. The van der Waals surface area contributed by atoms with Crippen LogP contribution in [-0.2, 0) is 26.2 Å². The van der Waals surface area contributed by atoms with Crippen molar-refractivity contribution < 1.29 is 27.5 Å². The summed E-state index contributed by atoms with van der Waals surface area (Å²) in [7, 11) is -1.11. The van der Waals surface area contributed by atoms with E-state index < -0.39 is 28.5 Å². The summed E-state index contributed by atoms with van der Waals surface area (Å²) in [5.74, 6) is 0.266. The van der Waals surface area contributed by atoms with E-state index in [2.05, 4.69) is 5.32 Å². The van der Waals surface area contributed by atoms with Crippen molar-refractivity contribution in [2.24, 2.45) is 0 Å². The lowest BCUT2D eigenvalue weighted by Gasteiger charge is -2.32. The number of ether oxygens (including phenoxy) is 2. The molecule has 3 aromatic rings. The normalized spacial score (nSPS) is 11.8. The monoisotopic (exact) mass is 567 g/mol. The highest BCUT2D eigenvalue weighted by Crippen LogP contribution is 2.26. The van der Waals surface area contributed by atoms with Crippen LogP contribution in [0.3, 0.4) is 0 Å². The summed E-state index contributed by atoms with van der Waals surface area (Å²) in [5.41, 5.74) is 2.01. The van der Waals surface area contributed by atoms with Crippen molar-refractivity contribution in [2.75, 3.05) is 31.6 Å². The Labute approximate surface area is 236 Å². The van der Waals surface area contributed by atoms with Crippen LogP contribution in [0.4, 0.5) is 5.69 Å². The van der Waals surface area contributed by atoms with Gasteiger partial charge in [0.05, 0.1) is 24.8 Å². The Morgan fingerprint density at radius 1 is 0.925 bits per heavy atom. The predicted octanol–water partition coefficient (Wildman–Crippen LogP) is 4.15. The van der Waals surface area contributed by atoms with Crippen LogP contribution in [0, 0.1) is 6.92 Å². The summed E-state index contributed by atoms with van der Waals surface area (Å²) in [6.45, 7) is 5.51. The molecule has 214 valence electrons. The quantitative estimate of drug-likeness (QED) is 0.333. The molecule has 0 saturated heterocycles. The van der Waals surface area contributed by atoms with Crippen LogP contribution in [-0.4, -0.2) is 58.5 Å². The maximum Gasteiger partial charge on any atom is 0.264 e. The van der Waals surface area contributed by atoms with E-state index in [1.54, 1.807) is 68.6 Å². The van der Waals surface area contributed by atoms with Gasteiger partial charge in [0.25, 0.3) is 10.0 Å². The zero-order chi connectivity index (χ0) is 29.3. The molecule has 1 atom stereocenters. The Balaban J connectivity index is 2.02. The minimum atomic E-state index is -4.15. The second-order valence-electron chi connectivity index (χ2n) is 9.36. The summed E-state index contributed by atoms with van der Waals surface area (Å²) in [4.78, 5) is 28.3. The average Bonchev–Trinajstić information content (AvgIpc) is 2.97. The number of anilines is 1. The zero-order valence-electron chi connectivity index (χ0n) is 23.6. The lowest BCUT2D eigenvalue weighted by atomic mass is 10.1. The molecule has 0 bridgehead atoms. The molecule has 0 aliphatic carbocycles. The largest absolute Gasteiger partial charge is 0.497 e. The average molecular weight is 568 g/mol. The number of hydrogen-bond donors (Lipinski definition) is 1. The number of rotatable bonds is 13. The van der Waals surface area contributed by atoms with Crippen molar-refractivity contribution >= 4 is 27.5 Å². The molecule has 3 aromatic carbocycles. The molecule has 2 amide bonds. The van der Waals surface area contributed by atoms with Crippen LogP contribution in [0.5, 0.6) is 11.5 Å². The third-order valence-corrected chi connectivity index (χ3v) is 8.24. The third-order valence-electron chi connectivity index (χ3n) is 6.45. The number of hydrogen-bond acceptors (Lipinski definition) is 6. The molecule has 0 fully saturated rings. The number of nitrogens with one attached hydrogen (secondary N) is 1. The first-order valence-corrected chi connectivity index (χ1v) is 14.5. The van der Waals surface area contributed by atoms with Crippen molar-refractivity contribution in [3.63, 3.8) is 0 Å². The number of carbonyl (C=O) groups is 2. The fraction of sp³-hybridized carbons (Fsp3) is 0.333. The number of carbonyl (C=O) groups excluding carboxylic acids is 2. The molecule has 0 heterocycles. The zero-order valence-corrected chi connectivity index (χ0v) is 24.4. The third kappa shape index (κ3) is 7.53. The van der Waals surface area contributed by atoms with Gasteiger partial charge in [0.1, 0.15) is 24.1 Å². The highest BCUT2D eigenvalue weighted by molar-refractivity contribution is 7.92. The summed E-state index contributed by atoms with van der Waals surface area (Å²) >= 11 is 0. The smallest absolute Gasteiger partial charge is 0.264 e. The standard InChI is InChI=1S/C30H37N3O6S/c1-6-18-31-30(35)23(3)32(20-24-8-7-9-27(19-24)39-5)29(34)21-33(25-12-10-22(2)11-13-25)40(36,37)28-16-14-26(38-4)15-17-28/h7-17,19,23H,6,18,20-21H2,1-5H3,(H,31,35)/t23-/m1/s1. The first kappa shape index (κ1) is 30.5. The molecule has 9 nitrogen and oxygen atoms in total. The van der Waals surface area contributed by atoms with Crippen molar-refractivity contribution in [3.05, 3.63) is 83.9 Å². The van der Waals surface area contributed by atoms with Gasteiger partial charge in [0.2, 0.25) is 11.8 Å². The van der Waals surface area contributed by atoms with E-state index in [1.807, 2.05) is 19.9 Å². The van der Waals surface area contributed by atoms with Crippen LogP contribution >= 0.6 is 0 Å². The number of nitrogens with zero attached hydrogens (tertiary/aromatic N) is 2. The highest BCUT2D eigenvalue weighted by atomic mass is 32.2. The fourth-order valence-corrected chi connectivity index (χ4v) is 5.47. The van der Waals surface area contributed by atoms with Crippen molar-refractivity contribution in [1.82, 2.24) is 10.2 Å². The van der Waals surface area contributed by atoms with Crippen LogP contribution < -0.4 is 19.1 Å². The molecular weight excluding hydrogens is 530 g/mol. The Hall–Kier alpha value is -4.05. The van der Waals surface area contributed by atoms with Crippen LogP contribution in [0.1, 0.15) is 31.4 Å². The fourth-order valence-electron chi connectivity index (χ4n) is 4.06. The molecule has 3 rings (SSSR count). The van der Waals surface area contributed by atoms with E-state index in [0.717, 1.165) is 21.9 Å². The maximum atomic E-state index is 13.9. The Bertz CT molecular complexity index is 1390. The molecular formula is C30H37N3O6S. The van der Waals surface area contributed by atoms with Gasteiger partial charge >= 0.3 is 0 Å². The van der Waals surface area contributed by atoms with Crippen molar-refractivity contribution in [3.8, 4) is 11.5 Å². The second kappa shape index (κ2) is 13.8. The van der Waals surface area contributed by atoms with Gasteiger partial charge in [-0.1, -0.05) is 36.8 Å². The van der Waals surface area contributed by atoms with Gasteiger partial charge in [-0.05, 0) is 74.4 Å². The molecule has 40 heavy (non-hydrogen) atoms. The van der Waals surface area contributed by atoms with Gasteiger partial charge in [-0.15, -0.1) is 0 Å². The minimum absolute atomic E-state index is 0.00904. The van der Waals surface area contributed by atoms with Gasteiger partial charge in [-0.25, -0.2) is 8.42 Å². The van der Waals surface area contributed by atoms with Crippen LogP contribution in [0.15, 0.2) is 77.7 Å². The number of methoxy groups -OCH3 is 2. The molecule has 0 spiro atoms. The summed E-state index contributed by atoms with van der Waals surface area (Å²) < 4.78 is 39.3. The van der Waals surface area contributed by atoms with E-state index in [0.29, 0.717) is 23.7 Å². The van der Waals surface area contributed by atoms with Crippen molar-refractivity contribution in [2.45, 2.75) is 44.7 Å². The molecule has 0 aromatic heterocycles. The van der Waals surface area contributed by atoms with E-state index in [9.17, 15) is 18.0 Å². The molecule has 0 saturated carbocycles. The van der Waals surface area contributed by atoms with Crippen LogP contribution in [0.25, 0.3) is 0 Å². The molecule has 0 aliphatic heterocycles. The Morgan fingerprint density at radius 2 is 1.57 bits per heavy atom. The molecule has 0 radical (unpaired) electrons. The van der Waals surface area contributed by atoms with Crippen molar-refractivity contribution in [1.29, 1.82) is 0 Å². The first-order valence-electron chi connectivity index (χ1n) is 13.0. The molecule has 0 aliphatic rings. The maximum absolute atomic E-state index is 13.9. The number of amides is 2. The highest BCUT2D eigenvalue weighted by Gasteiger charge is 2.32. The molecule has 0 unspecified atom stereocenters. The summed E-state index contributed by atoms with van der Waals surface area (Å²) in [6.07, 6.45) is 0.740. The van der Waals surface area contributed by atoms with E-state index >= 15 is 0 Å². The van der Waals surface area contributed by atoms with E-state index in [1.165, 1.54) is 24.1 Å². The first-order chi connectivity index (χ1) is 19.1. The van der Waals surface area contributed by atoms with E-state index in [-0.39, 0.29) is 17.3 Å². The lowest BCUT2D eigenvalue weighted by Crippen LogP contribution is -2.51. The van der Waals surface area contributed by atoms with Gasteiger partial charge in [-0.2, -0.15) is 0 Å². The second-order valence-corrected chi connectivity index (χ2v) is 11.2. The van der Waals surface area contributed by atoms with Gasteiger partial charge in [-0.3, -0.25) is 13.9 Å². The Morgan fingerprint density at radius 3 is 2.17 bits per heavy atom. The van der Waals surface area contributed by atoms with Gasteiger partial charge in [0, 0.05) is 13.1 Å². The Kier molecular flexibility index (Phi) is 10.6. The molecule has 1 N–H and O–H groups in total. The number of aryl methyl sites for hydroxylation is 1. The summed E-state index contributed by atoms with van der Waals surface area (Å²) in [6, 6.07) is 19.2. The number of sulfonamides is 1. The lowest BCUT2D eigenvalue weighted by molar-refractivity contribution is -0.139. The summed E-state index contributed by atoms with van der Waals surface area (Å²) in [5, 5.41) is 2.83. The van der Waals surface area contributed by atoms with E-state index in [4.69, 9.17) is 9.47 Å². The van der Waals surface area contributed by atoms with Gasteiger partial charge < -0.3 is 19.7 Å². The SMILES string of the molecule is CCCNC(=O)[C@@H](C)N(Cc1cccc(OC)c1)C(=O)CN(c1ccc(C)cc1)S(=O)(=O)c1ccc(OC)cc1. The number of benzene rings is 3. The van der Waals surface area contributed by atoms with Crippen LogP contribution in [0.2, 0.25) is 0 Å². The topological polar surface area (TPSA) is 105 Å². The predicted molar refractivity (Wildman–Crippen MR) is 155 cm³/mol. The molecule has 10 heteroatoms. The van der Waals surface area contributed by atoms with Gasteiger partial charge in [0.15, 0.2) is 0 Å².